The molecule has 1 aliphatic carbocycles. The zero-order valence-electron chi connectivity index (χ0n) is 17.7. The Bertz CT molecular complexity index is 854. The number of rotatable bonds is 6. The zero-order chi connectivity index (χ0) is 22.1. The summed E-state index contributed by atoms with van der Waals surface area (Å²) < 4.78 is 22.2. The van der Waals surface area contributed by atoms with Gasteiger partial charge in [-0.1, -0.05) is 0 Å². The lowest BCUT2D eigenvalue weighted by Crippen LogP contribution is -2.56. The number of likely N-dealkylation sites (tertiary alicyclic amines) is 1. The van der Waals surface area contributed by atoms with Crippen molar-refractivity contribution in [2.45, 2.75) is 63.8 Å². The molecule has 0 spiro atoms. The Morgan fingerprint density at radius 2 is 2.17 bits per heavy atom. The van der Waals surface area contributed by atoms with E-state index in [-0.39, 0.29) is 31.5 Å². The normalized spacial score (nSPS) is 24.2. The highest BCUT2D eigenvalue weighted by atomic mass is 19.1. The molecule has 164 valence electrons. The molecule has 2 amide bonds. The van der Waals surface area contributed by atoms with Gasteiger partial charge in [-0.15, -0.1) is 0 Å². The quantitative estimate of drug-likeness (QED) is 0.728. The van der Waals surface area contributed by atoms with Crippen LogP contribution >= 0.6 is 0 Å². The molecule has 10 heteroatoms. The Morgan fingerprint density at radius 3 is 2.70 bits per heavy atom. The number of primary amides is 1. The number of hydrogen-bond acceptors (Lipinski definition) is 6. The molecule has 2 heterocycles. The Balaban J connectivity index is 1.84. The van der Waals surface area contributed by atoms with Crippen molar-refractivity contribution in [1.82, 2.24) is 14.7 Å². The van der Waals surface area contributed by atoms with E-state index in [2.05, 4.69) is 10.4 Å². The summed E-state index contributed by atoms with van der Waals surface area (Å²) in [5.74, 6) is 0.164. The summed E-state index contributed by atoms with van der Waals surface area (Å²) in [6.07, 6.45) is 1.47. The van der Waals surface area contributed by atoms with Crippen LogP contribution in [0.4, 0.5) is 15.0 Å². The maximum absolute atomic E-state index is 15.5. The van der Waals surface area contributed by atoms with E-state index in [1.165, 1.54) is 15.8 Å². The minimum atomic E-state index is -1.57. The SMILES string of the molecule is CC(C)(C)OC(=O)N1CCC(CC#N)(n2cc(C(N)=O)c(NCC3CC3)n2)C(F)C1. The molecule has 3 N–H and O–H groups in total. The maximum Gasteiger partial charge on any atom is 0.410 e. The number of ether oxygens (including phenoxy) is 1. The van der Waals surface area contributed by atoms with Gasteiger partial charge in [-0.2, -0.15) is 10.4 Å². The number of aromatic nitrogens is 2. The number of anilines is 1. The van der Waals surface area contributed by atoms with Crippen molar-refractivity contribution >= 4 is 17.8 Å². The lowest BCUT2D eigenvalue weighted by atomic mass is 9.83. The summed E-state index contributed by atoms with van der Waals surface area (Å²) in [5.41, 5.74) is 3.67. The molecule has 1 saturated carbocycles. The molecule has 9 nitrogen and oxygen atoms in total. The van der Waals surface area contributed by atoms with Gasteiger partial charge in [0.2, 0.25) is 0 Å². The van der Waals surface area contributed by atoms with Crippen LogP contribution in [0.5, 0.6) is 0 Å². The first-order valence-corrected chi connectivity index (χ1v) is 10.2. The minimum absolute atomic E-state index is 0.154. The molecule has 2 unspecified atom stereocenters. The van der Waals surface area contributed by atoms with Crippen molar-refractivity contribution in [2.75, 3.05) is 25.0 Å². The van der Waals surface area contributed by atoms with Crippen LogP contribution in [0.15, 0.2) is 6.20 Å². The fourth-order valence-corrected chi connectivity index (χ4v) is 3.58. The number of carbonyl (C=O) groups is 2. The highest BCUT2D eigenvalue weighted by Crippen LogP contribution is 2.37. The predicted octanol–water partition coefficient (Wildman–Crippen LogP) is 2.39. The van der Waals surface area contributed by atoms with Gasteiger partial charge in [0, 0.05) is 19.3 Å². The van der Waals surface area contributed by atoms with Gasteiger partial charge in [-0.3, -0.25) is 9.48 Å². The molecule has 2 aliphatic rings. The van der Waals surface area contributed by atoms with Gasteiger partial charge in [-0.05, 0) is 46.0 Å². The minimum Gasteiger partial charge on any atom is -0.444 e. The van der Waals surface area contributed by atoms with Crippen LogP contribution in [0.25, 0.3) is 0 Å². The third kappa shape index (κ3) is 4.66. The monoisotopic (exact) mass is 420 g/mol. The summed E-state index contributed by atoms with van der Waals surface area (Å²) in [7, 11) is 0. The largest absolute Gasteiger partial charge is 0.444 e. The van der Waals surface area contributed by atoms with Crippen molar-refractivity contribution in [2.24, 2.45) is 11.7 Å². The van der Waals surface area contributed by atoms with Crippen LogP contribution < -0.4 is 11.1 Å². The smallest absolute Gasteiger partial charge is 0.410 e. The number of halogens is 1. The Labute approximate surface area is 175 Å². The average Bonchev–Trinajstić information content (AvgIpc) is 3.37. The Kier molecular flexibility index (Phi) is 5.92. The number of alkyl halides is 1. The van der Waals surface area contributed by atoms with E-state index >= 15 is 4.39 Å². The molecule has 1 aromatic heterocycles. The number of nitriles is 1. The lowest BCUT2D eigenvalue weighted by molar-refractivity contribution is -0.0179. The van der Waals surface area contributed by atoms with E-state index in [4.69, 9.17) is 10.5 Å². The predicted molar refractivity (Wildman–Crippen MR) is 107 cm³/mol. The first-order valence-electron chi connectivity index (χ1n) is 10.2. The van der Waals surface area contributed by atoms with Crippen molar-refractivity contribution in [3.63, 3.8) is 0 Å². The summed E-state index contributed by atoms with van der Waals surface area (Å²) in [6.45, 7) is 5.86. The number of nitrogens with zero attached hydrogens (tertiary/aromatic N) is 4. The summed E-state index contributed by atoms with van der Waals surface area (Å²) >= 11 is 0. The van der Waals surface area contributed by atoms with Crippen LogP contribution in [0.3, 0.4) is 0 Å². The molecule has 0 bridgehead atoms. The second kappa shape index (κ2) is 8.13. The summed E-state index contributed by atoms with van der Waals surface area (Å²) in [5, 5.41) is 16.9. The van der Waals surface area contributed by atoms with Crippen LogP contribution in [0, 0.1) is 17.2 Å². The number of carbonyl (C=O) groups excluding carboxylic acids is 2. The molecule has 1 aliphatic heterocycles. The number of amides is 2. The van der Waals surface area contributed by atoms with Gasteiger partial charge >= 0.3 is 6.09 Å². The van der Waals surface area contributed by atoms with Crippen molar-refractivity contribution < 1.29 is 18.7 Å². The second-order valence-electron chi connectivity index (χ2n) is 9.11. The average molecular weight is 420 g/mol. The molecular formula is C20H29FN6O3. The molecule has 2 fully saturated rings. The molecule has 0 aromatic carbocycles. The van der Waals surface area contributed by atoms with E-state index in [9.17, 15) is 14.9 Å². The van der Waals surface area contributed by atoms with Gasteiger partial charge in [0.05, 0.1) is 19.0 Å². The summed E-state index contributed by atoms with van der Waals surface area (Å²) in [6, 6.07) is 2.04. The Hall–Kier alpha value is -2.83. The third-order valence-corrected chi connectivity index (χ3v) is 5.51. The van der Waals surface area contributed by atoms with Gasteiger partial charge in [-0.25, -0.2) is 9.18 Å². The molecule has 2 atom stereocenters. The van der Waals surface area contributed by atoms with Crippen molar-refractivity contribution in [1.29, 1.82) is 5.26 Å². The standard InChI is InChI=1S/C20H29FN6O3/c1-19(2,3)30-18(29)26-9-7-20(6-8-22,15(21)12-26)27-11-14(16(23)28)17(25-27)24-10-13-4-5-13/h11,13,15H,4-7,9-10,12H2,1-3H3,(H2,23,28)(H,24,25). The first-order chi connectivity index (χ1) is 14.1. The molecule has 1 aromatic rings. The van der Waals surface area contributed by atoms with Crippen LogP contribution in [-0.2, 0) is 10.3 Å². The van der Waals surface area contributed by atoms with Gasteiger partial charge in [0.25, 0.3) is 5.91 Å². The maximum atomic E-state index is 15.5. The molecule has 30 heavy (non-hydrogen) atoms. The fourth-order valence-electron chi connectivity index (χ4n) is 3.58. The van der Waals surface area contributed by atoms with Gasteiger partial charge in [0.15, 0.2) is 5.82 Å². The van der Waals surface area contributed by atoms with Crippen molar-refractivity contribution in [3.05, 3.63) is 11.8 Å². The van der Waals surface area contributed by atoms with E-state index in [0.29, 0.717) is 18.3 Å². The number of nitrogens with two attached hydrogens (primary N) is 1. The molecule has 0 radical (unpaired) electrons. The lowest BCUT2D eigenvalue weighted by Gasteiger charge is -2.43. The van der Waals surface area contributed by atoms with Crippen molar-refractivity contribution in [3.8, 4) is 6.07 Å². The number of piperidine rings is 1. The molecular weight excluding hydrogens is 391 g/mol. The fraction of sp³-hybridized carbons (Fsp3) is 0.700. The van der Waals surface area contributed by atoms with Crippen LogP contribution in [0.2, 0.25) is 0 Å². The van der Waals surface area contributed by atoms with Gasteiger partial charge < -0.3 is 20.7 Å². The Morgan fingerprint density at radius 1 is 1.47 bits per heavy atom. The molecule has 1 saturated heterocycles. The number of nitrogens with one attached hydrogen (secondary N) is 1. The van der Waals surface area contributed by atoms with E-state index in [1.807, 2.05) is 6.07 Å². The topological polar surface area (TPSA) is 126 Å². The highest BCUT2D eigenvalue weighted by molar-refractivity contribution is 5.97. The van der Waals surface area contributed by atoms with Gasteiger partial charge in [0.1, 0.15) is 22.9 Å². The van der Waals surface area contributed by atoms with E-state index in [0.717, 1.165) is 12.8 Å². The van der Waals surface area contributed by atoms with Crippen LogP contribution in [-0.4, -0.2) is 58.1 Å². The highest BCUT2D eigenvalue weighted by Gasteiger charge is 2.48. The van der Waals surface area contributed by atoms with E-state index < -0.39 is 29.3 Å². The number of hydrogen-bond donors (Lipinski definition) is 2. The van der Waals surface area contributed by atoms with E-state index in [1.54, 1.807) is 20.8 Å². The van der Waals surface area contributed by atoms with Crippen LogP contribution in [0.1, 0.15) is 56.8 Å². The third-order valence-electron chi connectivity index (χ3n) is 5.51. The second-order valence-corrected chi connectivity index (χ2v) is 9.11. The first kappa shape index (κ1) is 21.9. The summed E-state index contributed by atoms with van der Waals surface area (Å²) in [4.78, 5) is 25.5. The molecule has 3 rings (SSSR count). The zero-order valence-corrected chi connectivity index (χ0v) is 17.7.